The molecule has 11 heavy (non-hydrogen) atoms. The molecule has 1 N–H and O–H groups in total. The molecule has 0 aliphatic heterocycles. The first kappa shape index (κ1) is 9.53. The summed E-state index contributed by atoms with van der Waals surface area (Å²) in [6, 6.07) is 0. The van der Waals surface area contributed by atoms with Crippen LogP contribution in [0.4, 0.5) is 0 Å². The predicted molar refractivity (Wildman–Crippen MR) is 51.0 cm³/mol. The Balaban J connectivity index is 2.64. The van der Waals surface area contributed by atoms with Crippen molar-refractivity contribution in [2.24, 2.45) is 0 Å². The molecule has 1 fully saturated rings. The van der Waals surface area contributed by atoms with Gasteiger partial charge >= 0.3 is 0 Å². The van der Waals surface area contributed by atoms with Crippen molar-refractivity contribution in [3.8, 4) is 0 Å². The van der Waals surface area contributed by atoms with Crippen LogP contribution in [0, 0.1) is 0 Å². The van der Waals surface area contributed by atoms with E-state index in [9.17, 15) is 5.11 Å². The Morgan fingerprint density at radius 2 is 1.64 bits per heavy atom. The minimum Gasteiger partial charge on any atom is -0.388 e. The molecule has 1 aliphatic carbocycles. The Morgan fingerprint density at radius 3 is 1.91 bits per heavy atom. The average molecular weight is 221 g/mol. The largest absolute Gasteiger partial charge is 0.388 e. The van der Waals surface area contributed by atoms with Gasteiger partial charge in [-0.2, -0.15) is 0 Å². The molecule has 1 rings (SSSR count). The first-order valence-corrected chi connectivity index (χ1v) is 5.16. The van der Waals surface area contributed by atoms with Gasteiger partial charge in [0.25, 0.3) is 0 Å². The maximum absolute atomic E-state index is 10.2. The number of hydrogen-bond acceptors (Lipinski definition) is 1. The van der Waals surface area contributed by atoms with Gasteiger partial charge in [0.2, 0.25) is 0 Å². The van der Waals surface area contributed by atoms with Crippen LogP contribution in [0.2, 0.25) is 0 Å². The van der Waals surface area contributed by atoms with E-state index in [1.54, 1.807) is 0 Å². The maximum atomic E-state index is 10.2. The molecule has 0 unspecified atom stereocenters. The second-order valence-corrected chi connectivity index (χ2v) is 6.05. The topological polar surface area (TPSA) is 20.2 Å². The Kier molecular flexibility index (Phi) is 2.65. The van der Waals surface area contributed by atoms with E-state index < -0.39 is 5.60 Å². The highest BCUT2D eigenvalue weighted by atomic mass is 79.9. The highest BCUT2D eigenvalue weighted by Crippen LogP contribution is 2.41. The first-order chi connectivity index (χ1) is 4.96. The van der Waals surface area contributed by atoms with Crippen LogP contribution in [-0.2, 0) is 0 Å². The van der Waals surface area contributed by atoms with E-state index in [0.29, 0.717) is 0 Å². The molecule has 1 aliphatic rings. The van der Waals surface area contributed by atoms with Crippen molar-refractivity contribution in [3.63, 3.8) is 0 Å². The van der Waals surface area contributed by atoms with Crippen LogP contribution in [0.3, 0.4) is 0 Å². The Morgan fingerprint density at radius 1 is 1.18 bits per heavy atom. The zero-order valence-corrected chi connectivity index (χ0v) is 8.95. The Hall–Kier alpha value is 0.440. The fourth-order valence-corrected chi connectivity index (χ4v) is 2.13. The number of hydrogen-bond donors (Lipinski definition) is 1. The molecule has 0 spiro atoms. The lowest BCUT2D eigenvalue weighted by Crippen LogP contribution is -2.47. The minimum absolute atomic E-state index is 0.125. The van der Waals surface area contributed by atoms with E-state index in [1.165, 1.54) is 19.3 Å². The summed E-state index contributed by atoms with van der Waals surface area (Å²) in [7, 11) is 0. The smallest absolute Gasteiger partial charge is 0.0794 e. The molecule has 0 radical (unpaired) electrons. The SMILES string of the molecule is CC(C)(Br)C1(O)CCCCC1. The van der Waals surface area contributed by atoms with Gasteiger partial charge < -0.3 is 5.11 Å². The third kappa shape index (κ3) is 1.97. The number of alkyl halides is 1. The number of halogens is 1. The molecule has 0 amide bonds. The summed E-state index contributed by atoms with van der Waals surface area (Å²) in [5, 5.41) is 10.2. The van der Waals surface area contributed by atoms with Gasteiger partial charge in [-0.3, -0.25) is 0 Å². The van der Waals surface area contributed by atoms with Crippen molar-refractivity contribution in [2.75, 3.05) is 0 Å². The highest BCUT2D eigenvalue weighted by Gasteiger charge is 2.41. The van der Waals surface area contributed by atoms with Crippen LogP contribution in [-0.4, -0.2) is 15.0 Å². The quantitative estimate of drug-likeness (QED) is 0.675. The standard InChI is InChI=1S/C9H17BrO/c1-8(2,10)9(11)6-4-3-5-7-9/h11H,3-7H2,1-2H3. The lowest BCUT2D eigenvalue weighted by atomic mass is 9.77. The fraction of sp³-hybridized carbons (Fsp3) is 1.00. The second-order valence-electron chi connectivity index (χ2n) is 4.06. The van der Waals surface area contributed by atoms with E-state index in [-0.39, 0.29) is 4.32 Å². The van der Waals surface area contributed by atoms with Gasteiger partial charge in [-0.25, -0.2) is 0 Å². The van der Waals surface area contributed by atoms with Crippen LogP contribution in [0.1, 0.15) is 46.0 Å². The van der Waals surface area contributed by atoms with E-state index in [0.717, 1.165) is 12.8 Å². The van der Waals surface area contributed by atoms with E-state index >= 15 is 0 Å². The molecule has 0 bridgehead atoms. The summed E-state index contributed by atoms with van der Waals surface area (Å²) in [4.78, 5) is 0. The van der Waals surface area contributed by atoms with Crippen molar-refractivity contribution in [1.29, 1.82) is 0 Å². The third-order valence-corrected chi connectivity index (χ3v) is 3.53. The molecule has 1 nitrogen and oxygen atoms in total. The molecule has 0 aromatic carbocycles. The van der Waals surface area contributed by atoms with Crippen molar-refractivity contribution >= 4 is 15.9 Å². The first-order valence-electron chi connectivity index (χ1n) is 4.37. The molecule has 0 atom stereocenters. The summed E-state index contributed by atoms with van der Waals surface area (Å²) in [5.41, 5.74) is -0.467. The summed E-state index contributed by atoms with van der Waals surface area (Å²) in [5.74, 6) is 0. The minimum atomic E-state index is -0.467. The second kappa shape index (κ2) is 3.06. The average Bonchev–Trinajstić information content (AvgIpc) is 1.87. The maximum Gasteiger partial charge on any atom is 0.0794 e. The van der Waals surface area contributed by atoms with Gasteiger partial charge in [0, 0.05) is 4.32 Å². The van der Waals surface area contributed by atoms with Crippen molar-refractivity contribution in [3.05, 3.63) is 0 Å². The Labute approximate surface area is 77.3 Å². The predicted octanol–water partition coefficient (Wildman–Crippen LogP) is 2.86. The molecule has 0 heterocycles. The van der Waals surface area contributed by atoms with Crippen molar-refractivity contribution in [1.82, 2.24) is 0 Å². The highest BCUT2D eigenvalue weighted by molar-refractivity contribution is 9.10. The van der Waals surface area contributed by atoms with Gasteiger partial charge in [0.1, 0.15) is 0 Å². The summed E-state index contributed by atoms with van der Waals surface area (Å²) < 4.78 is -0.125. The third-order valence-electron chi connectivity index (χ3n) is 2.79. The molecule has 1 saturated carbocycles. The van der Waals surface area contributed by atoms with Crippen molar-refractivity contribution < 1.29 is 5.11 Å². The van der Waals surface area contributed by atoms with Crippen LogP contribution in [0.5, 0.6) is 0 Å². The van der Waals surface area contributed by atoms with Gasteiger partial charge in [-0.1, -0.05) is 35.2 Å². The van der Waals surface area contributed by atoms with E-state index in [4.69, 9.17) is 0 Å². The Bertz CT molecular complexity index is 131. The molecular formula is C9H17BrO. The van der Waals surface area contributed by atoms with Crippen LogP contribution in [0.15, 0.2) is 0 Å². The molecule has 0 saturated heterocycles. The van der Waals surface area contributed by atoms with Gasteiger partial charge in [0.15, 0.2) is 0 Å². The molecule has 0 aromatic heterocycles. The van der Waals surface area contributed by atoms with E-state index in [2.05, 4.69) is 29.8 Å². The number of rotatable bonds is 1. The van der Waals surface area contributed by atoms with Gasteiger partial charge in [-0.05, 0) is 26.7 Å². The van der Waals surface area contributed by atoms with Crippen LogP contribution in [0.25, 0.3) is 0 Å². The lowest BCUT2D eigenvalue weighted by molar-refractivity contribution is -0.0199. The fourth-order valence-electron chi connectivity index (χ4n) is 1.73. The summed E-state index contributed by atoms with van der Waals surface area (Å²) >= 11 is 3.55. The molecular weight excluding hydrogens is 204 g/mol. The van der Waals surface area contributed by atoms with E-state index in [1.807, 2.05) is 0 Å². The van der Waals surface area contributed by atoms with Gasteiger partial charge in [0.05, 0.1) is 5.60 Å². The van der Waals surface area contributed by atoms with Crippen molar-refractivity contribution in [2.45, 2.75) is 55.9 Å². The zero-order valence-electron chi connectivity index (χ0n) is 7.36. The number of aliphatic hydroxyl groups is 1. The summed E-state index contributed by atoms with van der Waals surface area (Å²) in [6.07, 6.45) is 5.53. The van der Waals surface area contributed by atoms with Crippen LogP contribution < -0.4 is 0 Å². The molecule has 0 aromatic rings. The monoisotopic (exact) mass is 220 g/mol. The normalized spacial score (nSPS) is 25.1. The van der Waals surface area contributed by atoms with Gasteiger partial charge in [-0.15, -0.1) is 0 Å². The molecule has 66 valence electrons. The summed E-state index contributed by atoms with van der Waals surface area (Å²) in [6.45, 7) is 4.11. The van der Waals surface area contributed by atoms with Crippen LogP contribution >= 0.6 is 15.9 Å². The molecule has 2 heteroatoms. The zero-order chi connectivity index (χ0) is 8.54. The lowest BCUT2D eigenvalue weighted by Gasteiger charge is -2.41.